The molecule has 23 heavy (non-hydrogen) atoms. The number of hydrogen-bond donors (Lipinski definition) is 0. The Morgan fingerprint density at radius 2 is 2.00 bits per heavy atom. The molecule has 5 heteroatoms. The molecule has 0 amide bonds. The van der Waals surface area contributed by atoms with Crippen molar-refractivity contribution in [2.24, 2.45) is 0 Å². The standard InChI is InChI=1S/C18H25N5/c1-2-10-21(9-1)11-6-18-15-22(13-16-4-3-7-19-12-16)14-17-5-8-20-23(17)18/h3-5,7-8,12,18H,1-2,6,9-11,13-15H2. The van der Waals surface area contributed by atoms with E-state index < -0.39 is 0 Å². The van der Waals surface area contributed by atoms with Gasteiger partial charge < -0.3 is 4.90 Å². The highest BCUT2D eigenvalue weighted by Crippen LogP contribution is 2.25. The molecule has 0 N–H and O–H groups in total. The highest BCUT2D eigenvalue weighted by Gasteiger charge is 2.26. The Morgan fingerprint density at radius 3 is 2.83 bits per heavy atom. The lowest BCUT2D eigenvalue weighted by molar-refractivity contribution is 0.152. The summed E-state index contributed by atoms with van der Waals surface area (Å²) in [5, 5.41) is 4.58. The Labute approximate surface area is 137 Å². The van der Waals surface area contributed by atoms with E-state index in [0.29, 0.717) is 6.04 Å². The number of rotatable bonds is 5. The number of hydrogen-bond acceptors (Lipinski definition) is 4. The predicted octanol–water partition coefficient (Wildman–Crippen LogP) is 2.32. The third-order valence-electron chi connectivity index (χ3n) is 5.06. The number of aromatic nitrogens is 3. The lowest BCUT2D eigenvalue weighted by atomic mass is 10.1. The Hall–Kier alpha value is -1.72. The summed E-state index contributed by atoms with van der Waals surface area (Å²) in [4.78, 5) is 9.37. The van der Waals surface area contributed by atoms with Crippen LogP contribution in [-0.4, -0.2) is 50.7 Å². The maximum Gasteiger partial charge on any atom is 0.0662 e. The van der Waals surface area contributed by atoms with Gasteiger partial charge in [0.25, 0.3) is 0 Å². The molecule has 0 radical (unpaired) electrons. The maximum atomic E-state index is 4.58. The molecule has 2 aromatic rings. The van der Waals surface area contributed by atoms with Gasteiger partial charge in [-0.05, 0) is 50.0 Å². The SMILES string of the molecule is c1cncc(CN2Cc3ccnn3C(CCN3CCCC3)C2)c1. The third kappa shape index (κ3) is 3.46. The van der Waals surface area contributed by atoms with E-state index in [1.54, 1.807) is 0 Å². The van der Waals surface area contributed by atoms with Gasteiger partial charge in [0.05, 0.1) is 11.7 Å². The molecule has 2 aromatic heterocycles. The summed E-state index contributed by atoms with van der Waals surface area (Å²) < 4.78 is 2.26. The van der Waals surface area contributed by atoms with Crippen molar-refractivity contribution in [2.75, 3.05) is 26.2 Å². The second-order valence-corrected chi connectivity index (χ2v) is 6.79. The van der Waals surface area contributed by atoms with Crippen LogP contribution in [0.25, 0.3) is 0 Å². The van der Waals surface area contributed by atoms with Gasteiger partial charge in [-0.3, -0.25) is 14.6 Å². The topological polar surface area (TPSA) is 37.2 Å². The molecule has 5 nitrogen and oxygen atoms in total. The minimum atomic E-state index is 0.492. The lowest BCUT2D eigenvalue weighted by Crippen LogP contribution is -2.38. The number of pyridine rings is 1. The fourth-order valence-electron chi connectivity index (χ4n) is 3.89. The zero-order valence-corrected chi connectivity index (χ0v) is 13.6. The van der Waals surface area contributed by atoms with Gasteiger partial charge in [-0.25, -0.2) is 0 Å². The van der Waals surface area contributed by atoms with Crippen molar-refractivity contribution in [2.45, 2.75) is 38.4 Å². The Morgan fingerprint density at radius 1 is 1.09 bits per heavy atom. The first-order chi connectivity index (χ1) is 11.4. The van der Waals surface area contributed by atoms with Crippen LogP contribution >= 0.6 is 0 Å². The molecular weight excluding hydrogens is 286 g/mol. The summed E-state index contributed by atoms with van der Waals surface area (Å²) in [5.74, 6) is 0. The molecule has 0 bridgehead atoms. The molecule has 1 saturated heterocycles. The van der Waals surface area contributed by atoms with Crippen molar-refractivity contribution >= 4 is 0 Å². The van der Waals surface area contributed by atoms with Gasteiger partial charge in [0.15, 0.2) is 0 Å². The highest BCUT2D eigenvalue weighted by atomic mass is 15.4. The predicted molar refractivity (Wildman–Crippen MR) is 89.9 cm³/mol. The number of nitrogens with zero attached hydrogens (tertiary/aromatic N) is 5. The number of likely N-dealkylation sites (tertiary alicyclic amines) is 1. The molecule has 4 rings (SSSR count). The fraction of sp³-hybridized carbons (Fsp3) is 0.556. The van der Waals surface area contributed by atoms with E-state index in [4.69, 9.17) is 0 Å². The molecule has 1 unspecified atom stereocenters. The van der Waals surface area contributed by atoms with E-state index in [2.05, 4.69) is 36.7 Å². The first kappa shape index (κ1) is 14.8. The van der Waals surface area contributed by atoms with E-state index in [-0.39, 0.29) is 0 Å². The Kier molecular flexibility index (Phi) is 4.39. The van der Waals surface area contributed by atoms with E-state index in [0.717, 1.165) is 19.6 Å². The Bertz CT molecular complexity index is 617. The normalized spacial score (nSPS) is 22.3. The van der Waals surface area contributed by atoms with Crippen molar-refractivity contribution in [3.05, 3.63) is 48.0 Å². The van der Waals surface area contributed by atoms with Crippen LogP contribution in [0.5, 0.6) is 0 Å². The third-order valence-corrected chi connectivity index (χ3v) is 5.06. The molecule has 0 spiro atoms. The highest BCUT2D eigenvalue weighted by molar-refractivity contribution is 5.11. The molecule has 0 aromatic carbocycles. The van der Waals surface area contributed by atoms with Gasteiger partial charge in [0.2, 0.25) is 0 Å². The summed E-state index contributed by atoms with van der Waals surface area (Å²) in [6, 6.07) is 6.84. The van der Waals surface area contributed by atoms with E-state index in [9.17, 15) is 0 Å². The molecule has 0 aliphatic carbocycles. The van der Waals surface area contributed by atoms with Crippen LogP contribution in [0.15, 0.2) is 36.8 Å². The average Bonchev–Trinajstić information content (AvgIpc) is 3.25. The van der Waals surface area contributed by atoms with Crippen LogP contribution in [0.2, 0.25) is 0 Å². The second-order valence-electron chi connectivity index (χ2n) is 6.79. The molecule has 2 aliphatic heterocycles. The van der Waals surface area contributed by atoms with E-state index in [1.807, 2.05) is 24.7 Å². The molecule has 4 heterocycles. The van der Waals surface area contributed by atoms with Crippen LogP contribution in [0, 0.1) is 0 Å². The Balaban J connectivity index is 1.43. The van der Waals surface area contributed by atoms with Crippen LogP contribution in [0.4, 0.5) is 0 Å². The van der Waals surface area contributed by atoms with Crippen molar-refractivity contribution in [3.8, 4) is 0 Å². The molecule has 0 saturated carbocycles. The molecule has 1 atom stereocenters. The minimum Gasteiger partial charge on any atom is -0.303 e. The fourth-order valence-corrected chi connectivity index (χ4v) is 3.89. The van der Waals surface area contributed by atoms with Crippen molar-refractivity contribution in [3.63, 3.8) is 0 Å². The molecule has 2 aliphatic rings. The van der Waals surface area contributed by atoms with Crippen molar-refractivity contribution in [1.82, 2.24) is 24.6 Å². The summed E-state index contributed by atoms with van der Waals surface area (Å²) in [5.41, 5.74) is 2.63. The van der Waals surface area contributed by atoms with Gasteiger partial charge in [0.1, 0.15) is 0 Å². The number of fused-ring (bicyclic) bond motifs is 1. The summed E-state index contributed by atoms with van der Waals surface area (Å²) in [6.07, 6.45) is 9.69. The quantitative estimate of drug-likeness (QED) is 0.849. The van der Waals surface area contributed by atoms with Gasteiger partial charge in [-0.15, -0.1) is 0 Å². The van der Waals surface area contributed by atoms with E-state index in [1.165, 1.54) is 50.2 Å². The van der Waals surface area contributed by atoms with Crippen LogP contribution in [0.3, 0.4) is 0 Å². The second kappa shape index (κ2) is 6.81. The van der Waals surface area contributed by atoms with Crippen LogP contribution in [0.1, 0.15) is 36.6 Å². The summed E-state index contributed by atoms with van der Waals surface area (Å²) in [7, 11) is 0. The summed E-state index contributed by atoms with van der Waals surface area (Å²) in [6.45, 7) is 6.78. The van der Waals surface area contributed by atoms with Gasteiger partial charge in [-0.2, -0.15) is 5.10 Å². The summed E-state index contributed by atoms with van der Waals surface area (Å²) >= 11 is 0. The van der Waals surface area contributed by atoms with Crippen LogP contribution in [-0.2, 0) is 13.1 Å². The first-order valence-corrected chi connectivity index (χ1v) is 8.74. The zero-order chi connectivity index (χ0) is 15.5. The molecule has 122 valence electrons. The molecule has 1 fully saturated rings. The minimum absolute atomic E-state index is 0.492. The van der Waals surface area contributed by atoms with Gasteiger partial charge in [0, 0.05) is 44.8 Å². The van der Waals surface area contributed by atoms with Crippen molar-refractivity contribution < 1.29 is 0 Å². The molecular formula is C18H25N5. The largest absolute Gasteiger partial charge is 0.303 e. The van der Waals surface area contributed by atoms with Crippen LogP contribution < -0.4 is 0 Å². The van der Waals surface area contributed by atoms with Gasteiger partial charge >= 0.3 is 0 Å². The first-order valence-electron chi connectivity index (χ1n) is 8.74. The van der Waals surface area contributed by atoms with E-state index >= 15 is 0 Å². The lowest BCUT2D eigenvalue weighted by Gasteiger charge is -2.34. The maximum absolute atomic E-state index is 4.58. The average molecular weight is 311 g/mol. The zero-order valence-electron chi connectivity index (χ0n) is 13.6. The monoisotopic (exact) mass is 311 g/mol. The van der Waals surface area contributed by atoms with Crippen molar-refractivity contribution in [1.29, 1.82) is 0 Å². The smallest absolute Gasteiger partial charge is 0.0662 e. The van der Waals surface area contributed by atoms with Gasteiger partial charge in [-0.1, -0.05) is 6.07 Å².